The van der Waals surface area contributed by atoms with Gasteiger partial charge >= 0.3 is 0 Å². The summed E-state index contributed by atoms with van der Waals surface area (Å²) in [6.45, 7) is 0.166. The second kappa shape index (κ2) is 6.62. The van der Waals surface area contributed by atoms with Crippen LogP contribution in [0, 0.1) is 5.82 Å². The first kappa shape index (κ1) is 15.2. The summed E-state index contributed by atoms with van der Waals surface area (Å²) in [4.78, 5) is 8.51. The lowest BCUT2D eigenvalue weighted by Crippen LogP contribution is -2.01. The molecule has 4 nitrogen and oxygen atoms in total. The van der Waals surface area contributed by atoms with Crippen LogP contribution in [0.5, 0.6) is 5.88 Å². The number of nitrogen functional groups attached to an aromatic ring is 1. The molecule has 0 amide bonds. The first-order valence-electron chi connectivity index (χ1n) is 6.87. The van der Waals surface area contributed by atoms with E-state index in [1.165, 1.54) is 12.1 Å². The van der Waals surface area contributed by atoms with Crippen LogP contribution < -0.4 is 10.5 Å². The molecule has 0 aliphatic heterocycles. The number of hydrogen-bond donors (Lipinski definition) is 1. The van der Waals surface area contributed by atoms with Gasteiger partial charge in [-0.3, -0.25) is 0 Å². The van der Waals surface area contributed by atoms with E-state index in [-0.39, 0.29) is 12.4 Å². The maximum atomic E-state index is 13.1. The molecule has 0 spiro atoms. The van der Waals surface area contributed by atoms with Gasteiger partial charge in [0, 0.05) is 29.2 Å². The quantitative estimate of drug-likeness (QED) is 0.732. The zero-order valence-electron chi connectivity index (χ0n) is 12.0. The minimum Gasteiger partial charge on any atom is -0.471 e. The third-order valence-electron chi connectivity index (χ3n) is 3.23. The molecule has 3 rings (SSSR count). The smallest absolute Gasteiger partial charge is 0.240 e. The molecule has 0 saturated heterocycles. The van der Waals surface area contributed by atoms with Crippen molar-refractivity contribution in [1.29, 1.82) is 0 Å². The van der Waals surface area contributed by atoms with Crippen LogP contribution in [0.2, 0.25) is 5.02 Å². The molecule has 0 fully saturated rings. The van der Waals surface area contributed by atoms with E-state index in [9.17, 15) is 4.39 Å². The molecular formula is C17H13ClFN3O. The van der Waals surface area contributed by atoms with Gasteiger partial charge in [-0.25, -0.2) is 14.4 Å². The maximum absolute atomic E-state index is 13.1. The number of halogens is 2. The number of rotatable bonds is 4. The fourth-order valence-electron chi connectivity index (χ4n) is 2.05. The third-order valence-corrected chi connectivity index (χ3v) is 3.58. The predicted molar refractivity (Wildman–Crippen MR) is 87.6 cm³/mol. The predicted octanol–water partition coefficient (Wildman–Crippen LogP) is 4.10. The van der Waals surface area contributed by atoms with Gasteiger partial charge in [-0.1, -0.05) is 29.8 Å². The summed E-state index contributed by atoms with van der Waals surface area (Å²) >= 11 is 6.00. The minimum atomic E-state index is -0.388. The molecule has 0 aliphatic rings. The van der Waals surface area contributed by atoms with E-state index in [1.54, 1.807) is 30.6 Å². The molecule has 0 radical (unpaired) electrons. The summed E-state index contributed by atoms with van der Waals surface area (Å²) in [6, 6.07) is 11.4. The maximum Gasteiger partial charge on any atom is 0.240 e. The number of anilines is 1. The fourth-order valence-corrected chi connectivity index (χ4v) is 2.28. The Balaban J connectivity index is 1.84. The number of benzene rings is 2. The lowest BCUT2D eigenvalue weighted by Gasteiger charge is -2.10. The fraction of sp³-hybridized carbons (Fsp3) is 0.0588. The lowest BCUT2D eigenvalue weighted by atomic mass is 10.1. The van der Waals surface area contributed by atoms with Crippen molar-refractivity contribution >= 4 is 17.3 Å². The Kier molecular flexibility index (Phi) is 4.39. The van der Waals surface area contributed by atoms with Crippen molar-refractivity contribution < 1.29 is 9.13 Å². The molecule has 0 atom stereocenters. The van der Waals surface area contributed by atoms with Gasteiger partial charge in [0.15, 0.2) is 0 Å². The van der Waals surface area contributed by atoms with Crippen molar-refractivity contribution in [2.24, 2.45) is 0 Å². The van der Waals surface area contributed by atoms with Gasteiger partial charge in [0.2, 0.25) is 5.88 Å². The topological polar surface area (TPSA) is 61.0 Å². The van der Waals surface area contributed by atoms with Gasteiger partial charge in [-0.15, -0.1) is 0 Å². The van der Waals surface area contributed by atoms with Crippen molar-refractivity contribution in [3.63, 3.8) is 0 Å². The molecule has 0 unspecified atom stereocenters. The van der Waals surface area contributed by atoms with E-state index in [0.717, 1.165) is 5.56 Å². The molecule has 1 heterocycles. The molecule has 6 heteroatoms. The molecule has 0 bridgehead atoms. The summed E-state index contributed by atoms with van der Waals surface area (Å²) in [5.41, 5.74) is 8.47. The Hall–Kier alpha value is -2.66. The number of nitrogens with two attached hydrogens (primary N) is 1. The van der Waals surface area contributed by atoms with Crippen LogP contribution in [-0.2, 0) is 6.61 Å². The van der Waals surface area contributed by atoms with Gasteiger partial charge < -0.3 is 10.5 Å². The molecule has 116 valence electrons. The second-order valence-corrected chi connectivity index (χ2v) is 5.26. The summed E-state index contributed by atoms with van der Waals surface area (Å²) in [7, 11) is 0. The monoisotopic (exact) mass is 329 g/mol. The summed E-state index contributed by atoms with van der Waals surface area (Å²) in [5, 5.41) is 0.308. The van der Waals surface area contributed by atoms with E-state index < -0.39 is 0 Å². The highest BCUT2D eigenvalue weighted by Gasteiger charge is 2.10. The number of hydrogen-bond acceptors (Lipinski definition) is 4. The van der Waals surface area contributed by atoms with Gasteiger partial charge in [-0.05, 0) is 24.3 Å². The van der Waals surface area contributed by atoms with E-state index in [2.05, 4.69) is 9.97 Å². The average molecular weight is 330 g/mol. The first-order valence-corrected chi connectivity index (χ1v) is 7.25. The van der Waals surface area contributed by atoms with Crippen molar-refractivity contribution in [2.45, 2.75) is 6.61 Å². The van der Waals surface area contributed by atoms with E-state index in [1.807, 2.05) is 12.1 Å². The largest absolute Gasteiger partial charge is 0.471 e. The van der Waals surface area contributed by atoms with Gasteiger partial charge in [0.1, 0.15) is 18.1 Å². The number of ether oxygens (including phenoxy) is 1. The van der Waals surface area contributed by atoms with Crippen LogP contribution >= 0.6 is 11.6 Å². The molecule has 2 N–H and O–H groups in total. The summed E-state index contributed by atoms with van der Waals surface area (Å²) in [6.07, 6.45) is 3.13. The van der Waals surface area contributed by atoms with Gasteiger partial charge in [0.25, 0.3) is 0 Å². The Morgan fingerprint density at radius 3 is 2.52 bits per heavy atom. The Bertz CT molecular complexity index is 824. The Morgan fingerprint density at radius 1 is 1.04 bits per heavy atom. The van der Waals surface area contributed by atoms with Crippen LogP contribution in [0.1, 0.15) is 5.56 Å². The molecule has 3 aromatic rings. The third kappa shape index (κ3) is 3.57. The van der Waals surface area contributed by atoms with Crippen LogP contribution in [0.4, 0.5) is 10.1 Å². The highest BCUT2D eigenvalue weighted by atomic mass is 35.5. The van der Waals surface area contributed by atoms with Crippen LogP contribution in [0.15, 0.2) is 54.9 Å². The second-order valence-electron chi connectivity index (χ2n) is 4.86. The van der Waals surface area contributed by atoms with Crippen LogP contribution in [0.25, 0.3) is 11.3 Å². The standard InChI is InChI=1S/C17H13ClFN3O/c18-15-9-13(19)4-1-12(15)10-23-17-16(21-7-8-22-17)11-2-5-14(20)6-3-11/h1-9H,10,20H2. The summed E-state index contributed by atoms with van der Waals surface area (Å²) in [5.74, 6) is -0.0153. The Labute approximate surface area is 137 Å². The van der Waals surface area contributed by atoms with E-state index in [4.69, 9.17) is 22.1 Å². The van der Waals surface area contributed by atoms with Crippen molar-refractivity contribution in [2.75, 3.05) is 5.73 Å². The Morgan fingerprint density at radius 2 is 1.78 bits per heavy atom. The highest BCUT2D eigenvalue weighted by molar-refractivity contribution is 6.31. The van der Waals surface area contributed by atoms with Crippen LogP contribution in [-0.4, -0.2) is 9.97 Å². The molecule has 0 saturated carbocycles. The average Bonchev–Trinajstić information content (AvgIpc) is 2.55. The van der Waals surface area contributed by atoms with E-state index >= 15 is 0 Å². The van der Waals surface area contributed by atoms with Crippen molar-refractivity contribution in [1.82, 2.24) is 9.97 Å². The van der Waals surface area contributed by atoms with Crippen molar-refractivity contribution in [3.05, 3.63) is 71.3 Å². The van der Waals surface area contributed by atoms with Gasteiger partial charge in [-0.2, -0.15) is 0 Å². The molecular weight excluding hydrogens is 317 g/mol. The first-order chi connectivity index (χ1) is 11.1. The molecule has 0 aliphatic carbocycles. The van der Waals surface area contributed by atoms with Crippen LogP contribution in [0.3, 0.4) is 0 Å². The lowest BCUT2D eigenvalue weighted by molar-refractivity contribution is 0.294. The molecule has 1 aromatic heterocycles. The SMILES string of the molecule is Nc1ccc(-c2nccnc2OCc2ccc(F)cc2Cl)cc1. The van der Waals surface area contributed by atoms with Gasteiger partial charge in [0.05, 0.1) is 5.02 Å². The number of aromatic nitrogens is 2. The zero-order chi connectivity index (χ0) is 16.2. The molecule has 2 aromatic carbocycles. The normalized spacial score (nSPS) is 10.5. The highest BCUT2D eigenvalue weighted by Crippen LogP contribution is 2.27. The minimum absolute atomic E-state index is 0.166. The number of nitrogens with zero attached hydrogens (tertiary/aromatic N) is 2. The zero-order valence-corrected chi connectivity index (χ0v) is 12.8. The van der Waals surface area contributed by atoms with E-state index in [0.29, 0.717) is 27.8 Å². The molecule has 23 heavy (non-hydrogen) atoms. The van der Waals surface area contributed by atoms with Crippen molar-refractivity contribution in [3.8, 4) is 17.1 Å². The summed E-state index contributed by atoms with van der Waals surface area (Å²) < 4.78 is 18.8.